The smallest absolute Gasteiger partial charge is 0.287 e. The first-order chi connectivity index (χ1) is 17.9. The normalized spacial score (nSPS) is 10.3. The van der Waals surface area contributed by atoms with Crippen molar-refractivity contribution in [2.45, 2.75) is 57.8 Å². The van der Waals surface area contributed by atoms with Crippen molar-refractivity contribution in [3.8, 4) is 42.7 Å². The zero-order valence-corrected chi connectivity index (χ0v) is 22.4. The molecule has 0 aromatic heterocycles. The summed E-state index contributed by atoms with van der Waals surface area (Å²) in [7, 11) is -7.37. The lowest BCUT2D eigenvalue weighted by molar-refractivity contribution is 0.111. The maximum atomic E-state index is 12.2. The summed E-state index contributed by atoms with van der Waals surface area (Å²) in [5, 5.41) is 41.8. The van der Waals surface area contributed by atoms with Crippen LogP contribution in [0.25, 0.3) is 0 Å². The van der Waals surface area contributed by atoms with Crippen molar-refractivity contribution in [3.05, 3.63) is 0 Å². The summed E-state index contributed by atoms with van der Waals surface area (Å²) < 4.78 is 54.0. The molecule has 0 saturated carbocycles. The van der Waals surface area contributed by atoms with Crippen molar-refractivity contribution in [2.75, 3.05) is 39.6 Å². The topological polar surface area (TPSA) is 208 Å². The molecule has 0 aliphatic rings. The van der Waals surface area contributed by atoms with Gasteiger partial charge < -0.3 is 0 Å². The van der Waals surface area contributed by atoms with Crippen LogP contribution in [0, 0.1) is 69.0 Å². The lowest BCUT2D eigenvalue weighted by atomic mass is 10.4. The van der Waals surface area contributed by atoms with Gasteiger partial charge in [0.1, 0.15) is 0 Å². The number of unbranched alkanes of at least 4 members (excludes halogenated alkanes) is 3. The van der Waals surface area contributed by atoms with Gasteiger partial charge in [-0.25, -0.2) is 9.13 Å². The molecule has 15 heteroatoms. The maximum absolute atomic E-state index is 12.2. The van der Waals surface area contributed by atoms with E-state index in [0.717, 1.165) is 0 Å². The lowest BCUT2D eigenvalue weighted by Crippen LogP contribution is -2.04. The minimum atomic E-state index is -3.71. The van der Waals surface area contributed by atoms with Crippen molar-refractivity contribution in [2.24, 2.45) is 0 Å². The number of terminal acetylenes is 1. The molecule has 0 heterocycles. The molecular formula is C22H31N5O8P2. The van der Waals surface area contributed by atoms with E-state index in [-0.39, 0.29) is 58.9 Å². The molecular weight excluding hydrogens is 524 g/mol. The average Bonchev–Trinajstić information content (AvgIpc) is 2.88. The molecule has 0 N–H and O–H groups in total. The maximum Gasteiger partial charge on any atom is 0.474 e. The Morgan fingerprint density at radius 3 is 1.00 bits per heavy atom. The van der Waals surface area contributed by atoms with Crippen molar-refractivity contribution in [3.63, 3.8) is 0 Å². The number of hydrogen-bond acceptors (Lipinski definition) is 13. The van der Waals surface area contributed by atoms with Gasteiger partial charge in [0.15, 0.2) is 0 Å². The van der Waals surface area contributed by atoms with Gasteiger partial charge in [0.25, 0.3) is 0 Å². The van der Waals surface area contributed by atoms with Gasteiger partial charge in [0.2, 0.25) is 0 Å². The van der Waals surface area contributed by atoms with Crippen LogP contribution in [-0.2, 0) is 36.3 Å². The fourth-order valence-electron chi connectivity index (χ4n) is 1.83. The number of phosphoric acid groups is 2. The van der Waals surface area contributed by atoms with Gasteiger partial charge in [0.05, 0.1) is 82.8 Å². The molecule has 37 heavy (non-hydrogen) atoms. The summed E-state index contributed by atoms with van der Waals surface area (Å²) >= 11 is 0. The first-order valence-corrected chi connectivity index (χ1v) is 14.1. The Morgan fingerprint density at radius 2 is 0.730 bits per heavy atom. The molecule has 0 rings (SSSR count). The van der Waals surface area contributed by atoms with E-state index in [1.165, 1.54) is 0 Å². The Kier molecular flexibility index (Phi) is 25.9. The van der Waals surface area contributed by atoms with Crippen molar-refractivity contribution in [1.82, 2.24) is 0 Å². The van der Waals surface area contributed by atoms with Crippen LogP contribution in [-0.4, -0.2) is 39.6 Å². The molecule has 0 atom stereocenters. The van der Waals surface area contributed by atoms with Crippen LogP contribution in [0.5, 0.6) is 0 Å². The van der Waals surface area contributed by atoms with Gasteiger partial charge in [-0.15, -0.1) is 12.3 Å². The Labute approximate surface area is 218 Å². The van der Waals surface area contributed by atoms with E-state index in [1.54, 1.807) is 0 Å². The van der Waals surface area contributed by atoms with Gasteiger partial charge in [-0.05, 0) is 19.3 Å². The van der Waals surface area contributed by atoms with E-state index in [4.69, 9.17) is 59.9 Å². The Balaban J connectivity index is 0. The summed E-state index contributed by atoms with van der Waals surface area (Å²) in [6.07, 6.45) is 7.62. The van der Waals surface area contributed by atoms with E-state index in [0.29, 0.717) is 38.5 Å². The molecule has 0 aromatic rings. The van der Waals surface area contributed by atoms with Crippen LogP contribution in [0.1, 0.15) is 57.8 Å². The van der Waals surface area contributed by atoms with Crippen LogP contribution in [0.15, 0.2) is 0 Å². The average molecular weight is 555 g/mol. The third-order valence-electron chi connectivity index (χ3n) is 3.47. The second-order valence-electron chi connectivity index (χ2n) is 6.45. The van der Waals surface area contributed by atoms with E-state index in [2.05, 4.69) is 5.92 Å². The first kappa shape index (κ1) is 36.4. The highest BCUT2D eigenvalue weighted by Gasteiger charge is 2.27. The monoisotopic (exact) mass is 555 g/mol. The van der Waals surface area contributed by atoms with Crippen molar-refractivity contribution >= 4 is 15.6 Å². The summed E-state index contributed by atoms with van der Waals surface area (Å²) in [6, 6.07) is 9.52. The van der Waals surface area contributed by atoms with Crippen LogP contribution in [0.2, 0.25) is 0 Å². The summed E-state index contributed by atoms with van der Waals surface area (Å²) in [6.45, 7) is 0.212. The standard InChI is InChI=1S/C12H18N3O4P.C10H13N2O4P/c13-7-1-4-10-17-20(16,18-11-5-2-8-14)19-12-6-3-9-15;1-2-3-8-14-17(13,15-9-4-6-11)16-10-5-7-12/h1-6,10-12H2;1H,3-5,8-10H2. The van der Waals surface area contributed by atoms with Gasteiger partial charge >= 0.3 is 15.6 Å². The first-order valence-electron chi connectivity index (χ1n) is 11.2. The number of nitrogens with zero attached hydrogens (tertiary/aromatic N) is 5. The third kappa shape index (κ3) is 24.7. The zero-order chi connectivity index (χ0) is 28.1. The number of phosphoric ester groups is 2. The molecule has 0 bridgehead atoms. The lowest BCUT2D eigenvalue weighted by Gasteiger charge is -2.17. The van der Waals surface area contributed by atoms with Crippen molar-refractivity contribution < 1.29 is 36.3 Å². The van der Waals surface area contributed by atoms with Crippen LogP contribution in [0.4, 0.5) is 0 Å². The van der Waals surface area contributed by atoms with E-state index in [1.807, 2.05) is 30.3 Å². The third-order valence-corrected chi connectivity index (χ3v) is 6.46. The molecule has 0 radical (unpaired) electrons. The van der Waals surface area contributed by atoms with Gasteiger partial charge in [-0.2, -0.15) is 26.3 Å². The molecule has 13 nitrogen and oxygen atoms in total. The highest BCUT2D eigenvalue weighted by Crippen LogP contribution is 2.50. The highest BCUT2D eigenvalue weighted by atomic mass is 31.2. The molecule has 202 valence electrons. The molecule has 0 saturated heterocycles. The van der Waals surface area contributed by atoms with Gasteiger partial charge in [-0.3, -0.25) is 27.1 Å². The fourth-order valence-corrected chi connectivity index (χ4v) is 4.28. The Bertz CT molecular complexity index is 834. The number of rotatable bonds is 21. The largest absolute Gasteiger partial charge is 0.474 e. The van der Waals surface area contributed by atoms with E-state index >= 15 is 0 Å². The molecule has 0 unspecified atom stereocenters. The second kappa shape index (κ2) is 26.3. The van der Waals surface area contributed by atoms with E-state index < -0.39 is 15.6 Å². The second-order valence-corrected chi connectivity index (χ2v) is 9.79. The van der Waals surface area contributed by atoms with Crippen LogP contribution < -0.4 is 0 Å². The molecule has 0 aliphatic carbocycles. The molecule has 0 aliphatic heterocycles. The Hall–Kier alpha value is -2.77. The minimum Gasteiger partial charge on any atom is -0.287 e. The predicted molar refractivity (Wildman–Crippen MR) is 129 cm³/mol. The molecule has 0 fully saturated rings. The summed E-state index contributed by atoms with van der Waals surface area (Å²) in [5.41, 5.74) is 0. The van der Waals surface area contributed by atoms with Crippen LogP contribution >= 0.6 is 15.6 Å². The predicted octanol–water partition coefficient (Wildman–Crippen LogP) is 5.05. The number of hydrogen-bond donors (Lipinski definition) is 0. The van der Waals surface area contributed by atoms with Gasteiger partial charge in [0, 0.05) is 25.7 Å². The molecule has 0 spiro atoms. The van der Waals surface area contributed by atoms with Crippen LogP contribution in [0.3, 0.4) is 0 Å². The molecule has 0 aromatic carbocycles. The SMILES string of the molecule is C#CCCOP(=O)(OCCC#N)OCCC#N.N#CCCCOP(=O)(OCCCC#N)OCCCC#N. The summed E-state index contributed by atoms with van der Waals surface area (Å²) in [4.78, 5) is 0. The van der Waals surface area contributed by atoms with E-state index in [9.17, 15) is 9.13 Å². The van der Waals surface area contributed by atoms with Crippen molar-refractivity contribution in [1.29, 1.82) is 26.3 Å². The fraction of sp³-hybridized carbons (Fsp3) is 0.682. The quantitative estimate of drug-likeness (QED) is 0.103. The zero-order valence-electron chi connectivity index (χ0n) is 20.6. The molecule has 0 amide bonds. The minimum absolute atomic E-state index is 0.0346. The Morgan fingerprint density at radius 1 is 0.459 bits per heavy atom. The summed E-state index contributed by atoms with van der Waals surface area (Å²) in [5.74, 6) is 2.31. The number of nitriles is 5. The van der Waals surface area contributed by atoms with Gasteiger partial charge in [-0.1, -0.05) is 0 Å². The highest BCUT2D eigenvalue weighted by molar-refractivity contribution is 7.48.